The van der Waals surface area contributed by atoms with Gasteiger partial charge < -0.3 is 14.6 Å². The largest absolute Gasteiger partial charge is 0.461 e. The third-order valence-electron chi connectivity index (χ3n) is 4.78. The Morgan fingerprint density at radius 2 is 2.20 bits per heavy atom. The zero-order valence-electron chi connectivity index (χ0n) is 14.4. The average Bonchev–Trinajstić information content (AvgIpc) is 2.84. The van der Waals surface area contributed by atoms with Gasteiger partial charge in [0.05, 0.1) is 18.0 Å². The van der Waals surface area contributed by atoms with E-state index in [4.69, 9.17) is 4.74 Å². The van der Waals surface area contributed by atoms with Crippen LogP contribution in [0.15, 0.2) is 32.5 Å². The zero-order chi connectivity index (χ0) is 17.7. The lowest BCUT2D eigenvalue weighted by Gasteiger charge is -2.28. The molecule has 0 spiro atoms. The fourth-order valence-corrected chi connectivity index (χ4v) is 5.13. The first kappa shape index (κ1) is 16.8. The Balaban J connectivity index is 1.83. The van der Waals surface area contributed by atoms with E-state index in [9.17, 15) is 4.79 Å². The molecule has 0 fully saturated rings. The highest BCUT2D eigenvalue weighted by atomic mass is 79.9. The molecular formula is C19H19BrN2O2S. The Labute approximate surface area is 159 Å². The highest BCUT2D eigenvalue weighted by Gasteiger charge is 2.32. The van der Waals surface area contributed by atoms with Crippen molar-refractivity contribution in [3.8, 4) is 0 Å². The number of allylic oxidation sites excluding steroid dienone is 1. The first-order valence-corrected chi connectivity index (χ1v) is 9.95. The molecule has 0 saturated carbocycles. The molecule has 4 rings (SSSR count). The lowest BCUT2D eigenvalue weighted by molar-refractivity contribution is 0.0514. The van der Waals surface area contributed by atoms with Crippen molar-refractivity contribution in [2.24, 2.45) is 7.05 Å². The van der Waals surface area contributed by atoms with E-state index >= 15 is 0 Å². The molecule has 130 valence electrons. The van der Waals surface area contributed by atoms with Gasteiger partial charge in [-0.1, -0.05) is 27.7 Å². The highest BCUT2D eigenvalue weighted by Crippen LogP contribution is 2.49. The number of ether oxygens (including phenoxy) is 1. The number of anilines is 1. The fourth-order valence-electron chi connectivity index (χ4n) is 3.69. The van der Waals surface area contributed by atoms with Crippen molar-refractivity contribution in [3.05, 3.63) is 50.1 Å². The second-order valence-corrected chi connectivity index (χ2v) is 8.29. The molecule has 25 heavy (non-hydrogen) atoms. The Morgan fingerprint density at radius 3 is 2.96 bits per heavy atom. The Hall–Kier alpha value is -1.66. The molecule has 1 aromatic carbocycles. The number of hydrogen-bond acceptors (Lipinski definition) is 4. The number of halogens is 1. The van der Waals surface area contributed by atoms with E-state index in [1.165, 1.54) is 15.5 Å². The van der Waals surface area contributed by atoms with Gasteiger partial charge in [-0.25, -0.2) is 4.79 Å². The second-order valence-electron chi connectivity index (χ2n) is 6.24. The molecule has 2 aromatic rings. The summed E-state index contributed by atoms with van der Waals surface area (Å²) in [7, 11) is 1.96. The van der Waals surface area contributed by atoms with Crippen LogP contribution >= 0.6 is 27.7 Å². The van der Waals surface area contributed by atoms with Crippen LogP contribution in [0.5, 0.6) is 0 Å². The highest BCUT2D eigenvalue weighted by molar-refractivity contribution is 9.10. The van der Waals surface area contributed by atoms with E-state index < -0.39 is 0 Å². The minimum absolute atomic E-state index is 0.245. The van der Waals surface area contributed by atoms with Gasteiger partial charge in [0.1, 0.15) is 5.69 Å². The Bertz CT molecular complexity index is 930. The Kier molecular flexibility index (Phi) is 4.20. The van der Waals surface area contributed by atoms with Crippen LogP contribution < -0.4 is 5.32 Å². The molecule has 4 nitrogen and oxygen atoms in total. The molecule has 1 aliphatic heterocycles. The molecule has 0 saturated heterocycles. The minimum atomic E-state index is -0.245. The SMILES string of the molecule is CCOC(=O)c1c(C)c2c(n1C)CCC1=C2Nc2cc(Br)ccc2S1. The number of thioether (sulfide) groups is 1. The lowest BCUT2D eigenvalue weighted by atomic mass is 9.97. The summed E-state index contributed by atoms with van der Waals surface area (Å²) in [5.74, 6) is -0.245. The van der Waals surface area contributed by atoms with Gasteiger partial charge in [0.25, 0.3) is 0 Å². The van der Waals surface area contributed by atoms with Gasteiger partial charge in [0, 0.05) is 32.6 Å². The number of hydrogen-bond donors (Lipinski definition) is 1. The van der Waals surface area contributed by atoms with E-state index in [-0.39, 0.29) is 5.97 Å². The Morgan fingerprint density at radius 1 is 1.40 bits per heavy atom. The summed E-state index contributed by atoms with van der Waals surface area (Å²) in [5.41, 5.74) is 6.25. The van der Waals surface area contributed by atoms with Crippen molar-refractivity contribution in [1.29, 1.82) is 0 Å². The maximum atomic E-state index is 12.4. The van der Waals surface area contributed by atoms with Crippen LogP contribution in [0, 0.1) is 6.92 Å². The number of aromatic nitrogens is 1. The third kappa shape index (κ3) is 2.62. The average molecular weight is 419 g/mol. The standard InChI is InChI=1S/C19H19BrN2O2S/c1-4-24-19(23)18-10(2)16-13(22(18)3)6-8-15-17(16)21-12-9-11(20)5-7-14(12)25-15/h5,7,9,21H,4,6,8H2,1-3H3. The van der Waals surface area contributed by atoms with Gasteiger partial charge in [0.15, 0.2) is 0 Å². The quantitative estimate of drug-likeness (QED) is 0.688. The molecule has 0 atom stereocenters. The maximum Gasteiger partial charge on any atom is 0.355 e. The molecular weight excluding hydrogens is 400 g/mol. The van der Waals surface area contributed by atoms with Gasteiger partial charge >= 0.3 is 5.97 Å². The molecule has 2 aliphatic rings. The van der Waals surface area contributed by atoms with Gasteiger partial charge in [-0.05, 0) is 50.5 Å². The fraction of sp³-hybridized carbons (Fsp3) is 0.316. The number of rotatable bonds is 2. The first-order chi connectivity index (χ1) is 12.0. The van der Waals surface area contributed by atoms with Crippen LogP contribution in [-0.2, 0) is 18.2 Å². The third-order valence-corrected chi connectivity index (χ3v) is 6.50. The summed E-state index contributed by atoms with van der Waals surface area (Å²) in [6.07, 6.45) is 1.92. The van der Waals surface area contributed by atoms with Crippen LogP contribution in [0.1, 0.15) is 40.7 Å². The number of nitrogens with zero attached hydrogens (tertiary/aromatic N) is 1. The topological polar surface area (TPSA) is 43.3 Å². The van der Waals surface area contributed by atoms with E-state index in [1.54, 1.807) is 0 Å². The van der Waals surface area contributed by atoms with Crippen LogP contribution in [0.2, 0.25) is 0 Å². The van der Waals surface area contributed by atoms with Crippen molar-refractivity contribution in [2.75, 3.05) is 11.9 Å². The first-order valence-electron chi connectivity index (χ1n) is 8.34. The summed E-state index contributed by atoms with van der Waals surface area (Å²) in [5, 5.41) is 3.61. The van der Waals surface area contributed by atoms with Crippen LogP contribution in [0.4, 0.5) is 5.69 Å². The molecule has 0 radical (unpaired) electrons. The van der Waals surface area contributed by atoms with Gasteiger partial charge in [0.2, 0.25) is 0 Å². The molecule has 2 heterocycles. The van der Waals surface area contributed by atoms with Crippen molar-refractivity contribution in [1.82, 2.24) is 4.57 Å². The predicted molar refractivity (Wildman–Crippen MR) is 105 cm³/mol. The normalized spacial score (nSPS) is 15.2. The zero-order valence-corrected chi connectivity index (χ0v) is 16.8. The second kappa shape index (κ2) is 6.25. The summed E-state index contributed by atoms with van der Waals surface area (Å²) < 4.78 is 8.33. The van der Waals surface area contributed by atoms with E-state index in [0.29, 0.717) is 12.3 Å². The van der Waals surface area contributed by atoms with Gasteiger partial charge in [-0.15, -0.1) is 0 Å². The number of fused-ring (bicyclic) bond motifs is 3. The van der Waals surface area contributed by atoms with Crippen molar-refractivity contribution in [2.45, 2.75) is 31.6 Å². The lowest BCUT2D eigenvalue weighted by Crippen LogP contribution is -2.15. The van der Waals surface area contributed by atoms with Crippen LogP contribution in [0.25, 0.3) is 5.70 Å². The van der Waals surface area contributed by atoms with Crippen molar-refractivity contribution in [3.63, 3.8) is 0 Å². The van der Waals surface area contributed by atoms with Gasteiger partial charge in [-0.3, -0.25) is 0 Å². The van der Waals surface area contributed by atoms with Gasteiger partial charge in [-0.2, -0.15) is 0 Å². The number of benzene rings is 1. The summed E-state index contributed by atoms with van der Waals surface area (Å²) in [4.78, 5) is 15.0. The molecule has 6 heteroatoms. The van der Waals surface area contributed by atoms with E-state index in [0.717, 1.165) is 39.8 Å². The molecule has 1 aliphatic carbocycles. The van der Waals surface area contributed by atoms with E-state index in [2.05, 4.69) is 39.4 Å². The molecule has 1 aromatic heterocycles. The monoisotopic (exact) mass is 418 g/mol. The smallest absolute Gasteiger partial charge is 0.355 e. The predicted octanol–water partition coefficient (Wildman–Crippen LogP) is 5.11. The molecule has 0 unspecified atom stereocenters. The molecule has 0 bridgehead atoms. The molecule has 0 amide bonds. The van der Waals surface area contributed by atoms with Crippen LogP contribution in [0.3, 0.4) is 0 Å². The van der Waals surface area contributed by atoms with Crippen molar-refractivity contribution < 1.29 is 9.53 Å². The van der Waals surface area contributed by atoms with Crippen molar-refractivity contribution >= 4 is 45.0 Å². The summed E-state index contributed by atoms with van der Waals surface area (Å²) >= 11 is 5.37. The minimum Gasteiger partial charge on any atom is -0.461 e. The number of carbonyl (C=O) groups is 1. The molecule has 1 N–H and O–H groups in total. The number of nitrogens with one attached hydrogen (secondary N) is 1. The summed E-state index contributed by atoms with van der Waals surface area (Å²) in [6.45, 7) is 4.24. The summed E-state index contributed by atoms with van der Waals surface area (Å²) in [6, 6.07) is 6.31. The van der Waals surface area contributed by atoms with E-state index in [1.807, 2.05) is 37.2 Å². The van der Waals surface area contributed by atoms with Crippen LogP contribution in [-0.4, -0.2) is 17.1 Å². The number of esters is 1. The number of carbonyl (C=O) groups excluding carboxylic acids is 1. The maximum absolute atomic E-state index is 12.4.